The molecule has 0 aliphatic carbocycles. The van der Waals surface area contributed by atoms with Gasteiger partial charge in [0.15, 0.2) is 0 Å². The molecule has 11 heteroatoms. The Balaban J connectivity index is 1.45. The summed E-state index contributed by atoms with van der Waals surface area (Å²) in [6.45, 7) is 16.4. The second-order valence-corrected chi connectivity index (χ2v) is 17.5. The molecule has 9 nitrogen and oxygen atoms in total. The summed E-state index contributed by atoms with van der Waals surface area (Å²) < 4.78 is 13.2. The average molecular weight is 545 g/mol. The van der Waals surface area contributed by atoms with Crippen molar-refractivity contribution in [1.82, 2.24) is 24.6 Å². The molecular weight excluding hydrogens is 508 g/mol. The van der Waals surface area contributed by atoms with Crippen molar-refractivity contribution in [2.75, 3.05) is 37.7 Å². The summed E-state index contributed by atoms with van der Waals surface area (Å²) in [5.41, 5.74) is 3.78. The van der Waals surface area contributed by atoms with Crippen LogP contribution in [0.4, 0.5) is 10.5 Å². The number of carbonyl (C=O) groups excluding carboxylic acids is 1. The van der Waals surface area contributed by atoms with Crippen molar-refractivity contribution in [2.45, 2.75) is 58.8 Å². The van der Waals surface area contributed by atoms with Crippen molar-refractivity contribution < 1.29 is 14.3 Å². The van der Waals surface area contributed by atoms with E-state index in [1.807, 2.05) is 32.9 Å². The third-order valence-electron chi connectivity index (χ3n) is 6.11. The number of amides is 1. The maximum atomic E-state index is 12.4. The molecule has 0 spiro atoms. The quantitative estimate of drug-likeness (QED) is 0.220. The number of anilines is 1. The van der Waals surface area contributed by atoms with Gasteiger partial charge in [0.2, 0.25) is 5.28 Å². The van der Waals surface area contributed by atoms with Gasteiger partial charge < -0.3 is 19.3 Å². The van der Waals surface area contributed by atoms with E-state index in [9.17, 15) is 4.79 Å². The van der Waals surface area contributed by atoms with Crippen LogP contribution >= 0.6 is 11.6 Å². The molecule has 1 amide bonds. The van der Waals surface area contributed by atoms with E-state index in [1.165, 1.54) is 0 Å². The van der Waals surface area contributed by atoms with Crippen LogP contribution in [-0.4, -0.2) is 77.2 Å². The standard InChI is InChI=1S/C26H37ClN6O3Si/c1-26(2,3)36-25(34)32-13-11-31(12-14-32)20-9-7-19(8-10-20)22-23-21(17-28-24(27)29-23)33(30-22)18-35-15-16-37(4,5)6/h7-10,17H,11-16,18H2,1-6H3. The zero-order chi connectivity index (χ0) is 26.8. The Morgan fingerprint density at radius 3 is 2.38 bits per heavy atom. The van der Waals surface area contributed by atoms with E-state index in [4.69, 9.17) is 26.2 Å². The Labute approximate surface area is 224 Å². The number of hydrogen-bond acceptors (Lipinski definition) is 7. The lowest BCUT2D eigenvalue weighted by Crippen LogP contribution is -2.50. The van der Waals surface area contributed by atoms with E-state index < -0.39 is 13.7 Å². The van der Waals surface area contributed by atoms with E-state index >= 15 is 0 Å². The number of fused-ring (bicyclic) bond motifs is 1. The molecule has 1 aliphatic heterocycles. The number of ether oxygens (including phenoxy) is 2. The van der Waals surface area contributed by atoms with Crippen LogP contribution in [0.25, 0.3) is 22.3 Å². The topological polar surface area (TPSA) is 85.6 Å². The highest BCUT2D eigenvalue weighted by atomic mass is 35.5. The molecule has 200 valence electrons. The molecule has 0 atom stereocenters. The summed E-state index contributed by atoms with van der Waals surface area (Å²) in [4.78, 5) is 25.0. The second kappa shape index (κ2) is 11.0. The van der Waals surface area contributed by atoms with Crippen molar-refractivity contribution in [2.24, 2.45) is 0 Å². The number of nitrogens with zero attached hydrogens (tertiary/aromatic N) is 6. The van der Waals surface area contributed by atoms with Gasteiger partial charge in [0.1, 0.15) is 29.1 Å². The van der Waals surface area contributed by atoms with Gasteiger partial charge >= 0.3 is 6.09 Å². The van der Waals surface area contributed by atoms with Gasteiger partial charge in [0.05, 0.1) is 6.20 Å². The fourth-order valence-corrected chi connectivity index (χ4v) is 4.96. The molecule has 0 radical (unpaired) electrons. The Hall–Kier alpha value is -2.69. The van der Waals surface area contributed by atoms with Crippen LogP contribution in [0, 0.1) is 0 Å². The molecule has 3 heterocycles. The normalized spacial score (nSPS) is 14.9. The summed E-state index contributed by atoms with van der Waals surface area (Å²) in [6.07, 6.45) is 1.44. The van der Waals surface area contributed by atoms with E-state index in [0.29, 0.717) is 31.9 Å². The van der Waals surface area contributed by atoms with Crippen LogP contribution in [0.2, 0.25) is 31.0 Å². The fraction of sp³-hybridized carbons (Fsp3) is 0.538. The summed E-state index contributed by atoms with van der Waals surface area (Å²) in [7, 11) is -1.17. The molecule has 4 rings (SSSR count). The Kier molecular flexibility index (Phi) is 8.10. The molecule has 1 fully saturated rings. The van der Waals surface area contributed by atoms with Gasteiger partial charge in [-0.3, -0.25) is 0 Å². The molecule has 0 bridgehead atoms. The molecule has 1 aromatic carbocycles. The minimum atomic E-state index is -1.17. The molecule has 1 saturated heterocycles. The Bertz CT molecular complexity index is 1230. The first-order chi connectivity index (χ1) is 17.4. The highest BCUT2D eigenvalue weighted by molar-refractivity contribution is 6.76. The fourth-order valence-electron chi connectivity index (χ4n) is 4.07. The van der Waals surface area contributed by atoms with E-state index in [2.05, 4.69) is 46.6 Å². The summed E-state index contributed by atoms with van der Waals surface area (Å²) >= 11 is 6.13. The Morgan fingerprint density at radius 1 is 1.08 bits per heavy atom. The van der Waals surface area contributed by atoms with Crippen LogP contribution < -0.4 is 4.90 Å². The van der Waals surface area contributed by atoms with Gasteiger partial charge in [-0.2, -0.15) is 5.10 Å². The zero-order valence-electron chi connectivity index (χ0n) is 22.6. The lowest BCUT2D eigenvalue weighted by atomic mass is 10.1. The van der Waals surface area contributed by atoms with Crippen LogP contribution in [0.15, 0.2) is 30.5 Å². The van der Waals surface area contributed by atoms with Crippen LogP contribution in [0.5, 0.6) is 0 Å². The van der Waals surface area contributed by atoms with Gasteiger partial charge in [0, 0.05) is 52.1 Å². The lowest BCUT2D eigenvalue weighted by molar-refractivity contribution is 0.0240. The molecular formula is C26H37ClN6O3Si. The predicted octanol–water partition coefficient (Wildman–Crippen LogP) is 5.52. The third kappa shape index (κ3) is 7.21. The highest BCUT2D eigenvalue weighted by Gasteiger charge is 2.26. The van der Waals surface area contributed by atoms with E-state index in [0.717, 1.165) is 41.6 Å². The molecule has 0 N–H and O–H groups in total. The number of piperazine rings is 1. The number of carbonyl (C=O) groups is 1. The maximum Gasteiger partial charge on any atom is 0.410 e. The van der Waals surface area contributed by atoms with Crippen LogP contribution in [-0.2, 0) is 16.2 Å². The van der Waals surface area contributed by atoms with E-state index in [1.54, 1.807) is 15.8 Å². The summed E-state index contributed by atoms with van der Waals surface area (Å²) in [5, 5.41) is 4.99. The Morgan fingerprint density at radius 2 is 1.76 bits per heavy atom. The second-order valence-electron chi connectivity index (χ2n) is 11.6. The highest BCUT2D eigenvalue weighted by Crippen LogP contribution is 2.29. The van der Waals surface area contributed by atoms with Gasteiger partial charge in [-0.1, -0.05) is 31.8 Å². The van der Waals surface area contributed by atoms with Gasteiger partial charge in [-0.15, -0.1) is 0 Å². The number of rotatable bonds is 7. The minimum absolute atomic E-state index is 0.187. The number of hydrogen-bond donors (Lipinski definition) is 0. The summed E-state index contributed by atoms with van der Waals surface area (Å²) in [5.74, 6) is 0. The molecule has 0 unspecified atom stereocenters. The van der Waals surface area contributed by atoms with Crippen molar-refractivity contribution in [3.8, 4) is 11.3 Å². The maximum absolute atomic E-state index is 12.4. The van der Waals surface area contributed by atoms with Crippen molar-refractivity contribution >= 4 is 42.5 Å². The third-order valence-corrected chi connectivity index (χ3v) is 8.00. The van der Waals surface area contributed by atoms with Gasteiger partial charge in [-0.25, -0.2) is 19.4 Å². The van der Waals surface area contributed by atoms with E-state index in [-0.39, 0.29) is 11.4 Å². The summed E-state index contributed by atoms with van der Waals surface area (Å²) in [6, 6.07) is 9.34. The van der Waals surface area contributed by atoms with Crippen molar-refractivity contribution in [1.29, 1.82) is 0 Å². The zero-order valence-corrected chi connectivity index (χ0v) is 24.4. The average Bonchev–Trinajstić information content (AvgIpc) is 3.18. The van der Waals surface area contributed by atoms with Crippen molar-refractivity contribution in [3.63, 3.8) is 0 Å². The first kappa shape index (κ1) is 27.3. The van der Waals surface area contributed by atoms with Gasteiger partial charge in [0.25, 0.3) is 0 Å². The number of halogens is 1. The lowest BCUT2D eigenvalue weighted by Gasteiger charge is -2.36. The molecule has 1 aliphatic rings. The predicted molar refractivity (Wildman–Crippen MR) is 150 cm³/mol. The first-order valence-electron chi connectivity index (χ1n) is 12.7. The monoisotopic (exact) mass is 544 g/mol. The van der Waals surface area contributed by atoms with Gasteiger partial charge in [-0.05, 0) is 50.5 Å². The SMILES string of the molecule is CC(C)(C)OC(=O)N1CCN(c2ccc(-c3nn(COCC[Si](C)(C)C)c4cnc(Cl)nc34)cc2)CC1. The minimum Gasteiger partial charge on any atom is -0.444 e. The number of aromatic nitrogens is 4. The van der Waals surface area contributed by atoms with Crippen LogP contribution in [0.1, 0.15) is 20.8 Å². The van der Waals surface area contributed by atoms with Crippen molar-refractivity contribution in [3.05, 3.63) is 35.7 Å². The molecule has 2 aromatic heterocycles. The van der Waals surface area contributed by atoms with Crippen LogP contribution in [0.3, 0.4) is 0 Å². The first-order valence-corrected chi connectivity index (χ1v) is 16.8. The smallest absolute Gasteiger partial charge is 0.410 e. The molecule has 3 aromatic rings. The number of benzene rings is 1. The molecule has 0 saturated carbocycles. The largest absolute Gasteiger partial charge is 0.444 e. The molecule has 37 heavy (non-hydrogen) atoms.